The van der Waals surface area contributed by atoms with Crippen molar-refractivity contribution in [2.24, 2.45) is 0 Å². The molecule has 1 aromatic rings. The largest absolute Gasteiger partial charge is 0.492 e. The summed E-state index contributed by atoms with van der Waals surface area (Å²) in [7, 11) is 0. The lowest BCUT2D eigenvalue weighted by molar-refractivity contribution is 0.294. The van der Waals surface area contributed by atoms with Gasteiger partial charge < -0.3 is 4.74 Å². The van der Waals surface area contributed by atoms with E-state index in [0.717, 1.165) is 17.0 Å². The second kappa shape index (κ2) is 4.65. The lowest BCUT2D eigenvalue weighted by atomic mass is 10.2. The van der Waals surface area contributed by atoms with E-state index in [4.69, 9.17) is 4.74 Å². The van der Waals surface area contributed by atoms with Crippen LogP contribution in [0.5, 0.6) is 0 Å². The molecule has 0 amide bonds. The number of ether oxygens (including phenoxy) is 1. The van der Waals surface area contributed by atoms with Crippen molar-refractivity contribution in [1.82, 2.24) is 4.98 Å². The number of hydrogen-bond acceptors (Lipinski definition) is 2. The lowest BCUT2D eigenvalue weighted by Gasteiger charge is -2.09. The first-order chi connectivity index (χ1) is 6.25. The van der Waals surface area contributed by atoms with Gasteiger partial charge in [-0.1, -0.05) is 6.07 Å². The van der Waals surface area contributed by atoms with Crippen LogP contribution in [0.2, 0.25) is 0 Å². The number of pyridine rings is 1. The number of allylic oxidation sites excluding steroid dienone is 1. The van der Waals surface area contributed by atoms with Crippen molar-refractivity contribution in [3.63, 3.8) is 0 Å². The van der Waals surface area contributed by atoms with E-state index >= 15 is 0 Å². The summed E-state index contributed by atoms with van der Waals surface area (Å²) in [6, 6.07) is 5.82. The van der Waals surface area contributed by atoms with Gasteiger partial charge >= 0.3 is 0 Å². The molecule has 1 rings (SSSR count). The van der Waals surface area contributed by atoms with Crippen LogP contribution >= 0.6 is 0 Å². The van der Waals surface area contributed by atoms with Crippen LogP contribution in [0.3, 0.4) is 0 Å². The zero-order valence-electron chi connectivity index (χ0n) is 8.37. The van der Waals surface area contributed by atoms with Gasteiger partial charge in [-0.25, -0.2) is 0 Å². The quantitative estimate of drug-likeness (QED) is 0.662. The van der Waals surface area contributed by atoms with Gasteiger partial charge in [0.15, 0.2) is 0 Å². The van der Waals surface area contributed by atoms with E-state index in [2.05, 4.69) is 4.98 Å². The van der Waals surface area contributed by atoms with Crippen molar-refractivity contribution in [2.75, 3.05) is 6.61 Å². The van der Waals surface area contributed by atoms with Crippen LogP contribution in [0.25, 0.3) is 5.76 Å². The average molecular weight is 177 g/mol. The lowest BCUT2D eigenvalue weighted by Crippen LogP contribution is -1.96. The molecule has 0 unspecified atom stereocenters. The first-order valence-electron chi connectivity index (χ1n) is 4.47. The molecule has 1 heterocycles. The molecule has 70 valence electrons. The van der Waals surface area contributed by atoms with Crippen molar-refractivity contribution in [3.05, 3.63) is 35.7 Å². The minimum absolute atomic E-state index is 0.678. The third-order valence-electron chi connectivity index (χ3n) is 1.64. The van der Waals surface area contributed by atoms with E-state index in [9.17, 15) is 0 Å². The fourth-order valence-corrected chi connectivity index (χ4v) is 1.12. The van der Waals surface area contributed by atoms with Crippen LogP contribution in [0.4, 0.5) is 0 Å². The van der Waals surface area contributed by atoms with Crippen LogP contribution < -0.4 is 0 Å². The fraction of sp³-hybridized carbons (Fsp3) is 0.364. The molecule has 0 bridgehead atoms. The SMILES string of the molecule is CCOC(=C(C)C)c1ccccn1. The van der Waals surface area contributed by atoms with Gasteiger partial charge in [0, 0.05) is 6.20 Å². The van der Waals surface area contributed by atoms with Gasteiger partial charge in [0.2, 0.25) is 0 Å². The van der Waals surface area contributed by atoms with Crippen LogP contribution in [-0.4, -0.2) is 11.6 Å². The third kappa shape index (κ3) is 2.58. The minimum Gasteiger partial charge on any atom is -0.492 e. The third-order valence-corrected chi connectivity index (χ3v) is 1.64. The van der Waals surface area contributed by atoms with Crippen molar-refractivity contribution in [1.29, 1.82) is 0 Å². The highest BCUT2D eigenvalue weighted by Gasteiger charge is 2.03. The molecule has 2 nitrogen and oxygen atoms in total. The summed E-state index contributed by atoms with van der Waals surface area (Å²) < 4.78 is 5.51. The van der Waals surface area contributed by atoms with Crippen LogP contribution in [0.1, 0.15) is 26.5 Å². The number of nitrogens with zero attached hydrogens (tertiary/aromatic N) is 1. The summed E-state index contributed by atoms with van der Waals surface area (Å²) in [6.45, 7) is 6.71. The van der Waals surface area contributed by atoms with E-state index in [1.54, 1.807) is 6.20 Å². The molecule has 0 aliphatic rings. The van der Waals surface area contributed by atoms with Crippen molar-refractivity contribution >= 4 is 5.76 Å². The Morgan fingerprint density at radius 2 is 2.15 bits per heavy atom. The number of hydrogen-bond donors (Lipinski definition) is 0. The molecule has 0 aliphatic heterocycles. The monoisotopic (exact) mass is 177 g/mol. The van der Waals surface area contributed by atoms with Gasteiger partial charge in [-0.3, -0.25) is 4.98 Å². The van der Waals surface area contributed by atoms with Crippen LogP contribution in [-0.2, 0) is 4.74 Å². The highest BCUT2D eigenvalue weighted by Crippen LogP contribution is 2.16. The summed E-state index contributed by atoms with van der Waals surface area (Å²) in [5, 5.41) is 0. The first kappa shape index (κ1) is 9.78. The molecule has 2 heteroatoms. The van der Waals surface area contributed by atoms with Gasteiger partial charge in [0.05, 0.1) is 6.61 Å². The normalized spacial score (nSPS) is 9.46. The smallest absolute Gasteiger partial charge is 0.143 e. The highest BCUT2D eigenvalue weighted by molar-refractivity contribution is 5.58. The molecule has 1 aromatic heterocycles. The Kier molecular flexibility index (Phi) is 3.50. The van der Waals surface area contributed by atoms with Crippen molar-refractivity contribution in [3.8, 4) is 0 Å². The molecule has 0 aliphatic carbocycles. The Morgan fingerprint density at radius 1 is 1.38 bits per heavy atom. The molecule has 0 radical (unpaired) electrons. The van der Waals surface area contributed by atoms with E-state index in [0.29, 0.717) is 6.61 Å². The van der Waals surface area contributed by atoms with Gasteiger partial charge in [0.1, 0.15) is 11.5 Å². The van der Waals surface area contributed by atoms with E-state index in [-0.39, 0.29) is 0 Å². The molecular weight excluding hydrogens is 162 g/mol. The standard InChI is InChI=1S/C11H15NO/c1-4-13-11(9(2)3)10-7-5-6-8-12-10/h5-8H,4H2,1-3H3. The maximum absolute atomic E-state index is 5.51. The second-order valence-electron chi connectivity index (χ2n) is 2.98. The Hall–Kier alpha value is -1.31. The van der Waals surface area contributed by atoms with Gasteiger partial charge in [-0.05, 0) is 38.5 Å². The Balaban J connectivity index is 2.97. The topological polar surface area (TPSA) is 22.1 Å². The Labute approximate surface area is 79.3 Å². The Morgan fingerprint density at radius 3 is 2.62 bits per heavy atom. The summed E-state index contributed by atoms with van der Waals surface area (Å²) in [5.74, 6) is 0.892. The van der Waals surface area contributed by atoms with Gasteiger partial charge in [-0.15, -0.1) is 0 Å². The zero-order chi connectivity index (χ0) is 9.68. The summed E-state index contributed by atoms with van der Waals surface area (Å²) in [4.78, 5) is 4.24. The minimum atomic E-state index is 0.678. The van der Waals surface area contributed by atoms with Crippen LogP contribution in [0.15, 0.2) is 30.0 Å². The molecule has 0 N–H and O–H groups in total. The Bertz CT molecular complexity index is 286. The van der Waals surface area contributed by atoms with Gasteiger partial charge in [0.25, 0.3) is 0 Å². The number of rotatable bonds is 3. The van der Waals surface area contributed by atoms with Crippen molar-refractivity contribution < 1.29 is 4.74 Å². The summed E-state index contributed by atoms with van der Waals surface area (Å²) >= 11 is 0. The molecule has 0 fully saturated rings. The molecular formula is C11H15NO. The fourth-order valence-electron chi connectivity index (χ4n) is 1.12. The predicted molar refractivity (Wildman–Crippen MR) is 54.1 cm³/mol. The second-order valence-corrected chi connectivity index (χ2v) is 2.98. The first-order valence-corrected chi connectivity index (χ1v) is 4.47. The molecule has 0 saturated carbocycles. The zero-order valence-corrected chi connectivity index (χ0v) is 8.37. The molecule has 0 aromatic carbocycles. The van der Waals surface area contributed by atoms with Gasteiger partial charge in [-0.2, -0.15) is 0 Å². The van der Waals surface area contributed by atoms with Crippen LogP contribution in [0, 0.1) is 0 Å². The maximum atomic E-state index is 5.51. The summed E-state index contributed by atoms with van der Waals surface area (Å²) in [6.07, 6.45) is 1.78. The predicted octanol–water partition coefficient (Wildman–Crippen LogP) is 2.87. The van der Waals surface area contributed by atoms with E-state index in [1.165, 1.54) is 0 Å². The molecule has 0 saturated heterocycles. The van der Waals surface area contributed by atoms with Crippen molar-refractivity contribution in [2.45, 2.75) is 20.8 Å². The maximum Gasteiger partial charge on any atom is 0.143 e. The summed E-state index contributed by atoms with van der Waals surface area (Å²) in [5.41, 5.74) is 2.06. The van der Waals surface area contributed by atoms with E-state index in [1.807, 2.05) is 39.0 Å². The molecule has 13 heavy (non-hydrogen) atoms. The molecule has 0 atom stereocenters. The number of aromatic nitrogens is 1. The average Bonchev–Trinajstić information content (AvgIpc) is 2.15. The molecule has 0 spiro atoms. The highest BCUT2D eigenvalue weighted by atomic mass is 16.5. The van der Waals surface area contributed by atoms with E-state index < -0.39 is 0 Å².